The van der Waals surface area contributed by atoms with E-state index >= 15 is 0 Å². The van der Waals surface area contributed by atoms with Gasteiger partial charge in [0.1, 0.15) is 0 Å². The Balaban J connectivity index is 0.000000373. The predicted molar refractivity (Wildman–Crippen MR) is 35.4 cm³/mol. The number of hydrogen-bond donors (Lipinski definition) is 0. The quantitative estimate of drug-likeness (QED) is 0.238. The second-order valence-electron chi connectivity index (χ2n) is 2.06. The zero-order valence-corrected chi connectivity index (χ0v) is 12.7. The average molecular weight is 366 g/mol. The molecular weight excluding hydrogens is 366 g/mol. The van der Waals surface area contributed by atoms with Crippen LogP contribution >= 0.6 is 0 Å². The molecule has 0 aromatic heterocycles. The first-order valence-electron chi connectivity index (χ1n) is 2.82. The van der Waals surface area contributed by atoms with Crippen molar-refractivity contribution in [3.8, 4) is 0 Å². The third kappa shape index (κ3) is 5.60. The van der Waals surface area contributed by atoms with E-state index in [4.69, 9.17) is 17.5 Å². The topological polar surface area (TPSA) is 185 Å². The minimum Gasteiger partial charge on any atom is -0.759 e. The monoisotopic (exact) mass is 364 g/mol. The summed E-state index contributed by atoms with van der Waals surface area (Å²) in [4.78, 5) is 0. The van der Waals surface area contributed by atoms with Crippen LogP contribution in [0.2, 0.25) is 0 Å². The van der Waals surface area contributed by atoms with Crippen LogP contribution in [0.3, 0.4) is 0 Å². The van der Waals surface area contributed by atoms with Gasteiger partial charge in [-0.3, -0.25) is 8.42 Å². The molecule has 16 heteroatoms. The standard InChI is InChI=1S/CO8S2.H2O4S.Zn/c2-10(3)6-1(7-10)8-11(4,5)9-1;1-5(2,3)4;/h;(H2,1,2,3,4);/q;;+2/p-2. The molecule has 0 aliphatic carbocycles. The molecule has 0 radical (unpaired) electrons. The van der Waals surface area contributed by atoms with Crippen molar-refractivity contribution in [2.45, 2.75) is 6.16 Å². The maximum Gasteiger partial charge on any atom is 2.00 e. The van der Waals surface area contributed by atoms with E-state index in [1.165, 1.54) is 0 Å². The predicted octanol–water partition coefficient (Wildman–Crippen LogP) is -3.16. The number of hydrogen-bond acceptors (Lipinski definition) is 12. The molecule has 0 amide bonds. The van der Waals surface area contributed by atoms with E-state index in [2.05, 4.69) is 16.7 Å². The van der Waals surface area contributed by atoms with Crippen LogP contribution in [0.4, 0.5) is 0 Å². The van der Waals surface area contributed by atoms with Crippen molar-refractivity contribution in [2.24, 2.45) is 0 Å². The maximum absolute atomic E-state index is 10.1. The van der Waals surface area contributed by atoms with Crippen LogP contribution in [-0.4, -0.2) is 40.5 Å². The summed E-state index contributed by atoms with van der Waals surface area (Å²) in [6.45, 7) is 0. The van der Waals surface area contributed by atoms with Crippen LogP contribution in [0.1, 0.15) is 0 Å². The van der Waals surface area contributed by atoms with Gasteiger partial charge in [0.25, 0.3) is 0 Å². The summed E-state index contributed by atoms with van der Waals surface area (Å²) >= 11 is 0. The molecule has 96 valence electrons. The molecule has 0 bridgehead atoms. The first kappa shape index (κ1) is 17.2. The van der Waals surface area contributed by atoms with Gasteiger partial charge in [0.05, 0.1) is 0 Å². The van der Waals surface area contributed by atoms with Crippen LogP contribution in [-0.2, 0) is 67.4 Å². The normalized spacial score (nSPS) is 26.5. The minimum atomic E-state index is -5.17. The summed E-state index contributed by atoms with van der Waals surface area (Å²) in [5, 5.41) is 0. The van der Waals surface area contributed by atoms with E-state index in [9.17, 15) is 16.8 Å². The molecule has 12 nitrogen and oxygen atoms in total. The van der Waals surface area contributed by atoms with Crippen LogP contribution in [0.25, 0.3) is 0 Å². The summed E-state index contributed by atoms with van der Waals surface area (Å²) in [6.07, 6.45) is -2.36. The van der Waals surface area contributed by atoms with Gasteiger partial charge in [0, 0.05) is 10.4 Å². The van der Waals surface area contributed by atoms with Gasteiger partial charge in [0.15, 0.2) is 0 Å². The molecule has 2 fully saturated rings. The fraction of sp³-hybridized carbons (Fsp3) is 1.00. The van der Waals surface area contributed by atoms with Crippen LogP contribution in [0.15, 0.2) is 0 Å². The Labute approximate surface area is 108 Å². The third-order valence-corrected chi connectivity index (χ3v) is 2.45. The molecule has 0 saturated carbocycles. The molecule has 0 N–H and O–H groups in total. The first-order valence-corrected chi connectivity index (χ1v) is 6.82. The van der Waals surface area contributed by atoms with Gasteiger partial charge in [-0.2, -0.15) is 33.6 Å². The van der Waals surface area contributed by atoms with Gasteiger partial charge in [-0.15, -0.1) is 0 Å². The smallest absolute Gasteiger partial charge is 0.759 e. The molecular formula is CO12S3Zn. The van der Waals surface area contributed by atoms with Crippen molar-refractivity contribution in [2.75, 3.05) is 0 Å². The largest absolute Gasteiger partial charge is 2.00 e. The summed E-state index contributed by atoms with van der Waals surface area (Å²) in [6, 6.07) is 0. The fourth-order valence-corrected chi connectivity index (χ4v) is 2.04. The van der Waals surface area contributed by atoms with Crippen molar-refractivity contribution in [3.63, 3.8) is 0 Å². The van der Waals surface area contributed by atoms with Crippen molar-refractivity contribution >= 4 is 31.2 Å². The maximum atomic E-state index is 10.1. The Kier molecular flexibility index (Phi) is 4.79. The molecule has 2 heterocycles. The van der Waals surface area contributed by atoms with E-state index in [0.29, 0.717) is 0 Å². The molecule has 2 aliphatic heterocycles. The Morgan fingerprint density at radius 3 is 1.12 bits per heavy atom. The Morgan fingerprint density at radius 1 is 0.824 bits per heavy atom. The van der Waals surface area contributed by atoms with Gasteiger partial charge < -0.3 is 9.11 Å². The second kappa shape index (κ2) is 4.73. The van der Waals surface area contributed by atoms with E-state index < -0.39 is 37.4 Å². The SMILES string of the molecule is O=S(=O)([O-])[O-].O=S1(=O)OC2(O1)OS(=O)(=O)O2.[Zn+2]. The molecule has 0 aromatic carbocycles. The molecule has 0 unspecified atom stereocenters. The Hall–Kier alpha value is 0.233. The summed E-state index contributed by atoms with van der Waals surface area (Å²) in [7, 11) is -13.4. The van der Waals surface area contributed by atoms with Crippen LogP contribution < -0.4 is 0 Å². The van der Waals surface area contributed by atoms with Gasteiger partial charge in [-0.1, -0.05) is 0 Å². The molecule has 2 rings (SSSR count). The van der Waals surface area contributed by atoms with Gasteiger partial charge >= 0.3 is 46.4 Å². The Morgan fingerprint density at radius 2 is 1.00 bits per heavy atom. The molecule has 0 atom stereocenters. The van der Waals surface area contributed by atoms with Crippen molar-refractivity contribution < 1.29 is 70.6 Å². The molecule has 2 aliphatic rings. The zero-order valence-electron chi connectivity index (χ0n) is 7.33. The van der Waals surface area contributed by atoms with Crippen molar-refractivity contribution in [1.82, 2.24) is 0 Å². The fourth-order valence-electron chi connectivity index (χ4n) is 0.568. The summed E-state index contributed by atoms with van der Waals surface area (Å²) < 4.78 is 89.8. The van der Waals surface area contributed by atoms with Crippen LogP contribution in [0.5, 0.6) is 0 Å². The van der Waals surface area contributed by atoms with E-state index in [-0.39, 0.29) is 19.5 Å². The first-order chi connectivity index (χ1) is 6.83. The second-order valence-corrected chi connectivity index (χ2v) is 5.17. The Bertz CT molecular complexity index is 502. The average Bonchev–Trinajstić information content (AvgIpc) is 1.71. The van der Waals surface area contributed by atoms with Crippen LogP contribution in [0, 0.1) is 0 Å². The molecule has 1 spiro atoms. The summed E-state index contributed by atoms with van der Waals surface area (Å²) in [5.41, 5.74) is 0. The van der Waals surface area contributed by atoms with Crippen molar-refractivity contribution in [1.29, 1.82) is 0 Å². The van der Waals surface area contributed by atoms with E-state index in [1.54, 1.807) is 0 Å². The third-order valence-electron chi connectivity index (χ3n) is 0.816. The van der Waals surface area contributed by atoms with Crippen molar-refractivity contribution in [3.05, 3.63) is 0 Å². The molecule has 2 saturated heterocycles. The van der Waals surface area contributed by atoms with Gasteiger partial charge in [-0.25, -0.2) is 0 Å². The van der Waals surface area contributed by atoms with Gasteiger partial charge in [0.2, 0.25) is 0 Å². The number of rotatable bonds is 0. The zero-order chi connectivity index (χ0) is 12.8. The van der Waals surface area contributed by atoms with E-state index in [1.807, 2.05) is 0 Å². The summed E-state index contributed by atoms with van der Waals surface area (Å²) in [5.74, 6) is 0. The van der Waals surface area contributed by atoms with Gasteiger partial charge in [-0.05, 0) is 0 Å². The molecule has 17 heavy (non-hydrogen) atoms. The molecule has 0 aromatic rings. The van der Waals surface area contributed by atoms with E-state index in [0.717, 1.165) is 0 Å². The minimum absolute atomic E-state index is 0.